The van der Waals surface area contributed by atoms with Crippen LogP contribution in [0.1, 0.15) is 12.0 Å². The number of likely N-dealkylation sites (tertiary alicyclic amines) is 1. The minimum Gasteiger partial charge on any atom is -0.375 e. The van der Waals surface area contributed by atoms with Gasteiger partial charge in [-0.3, -0.25) is 4.79 Å². The topological polar surface area (TPSA) is 36.0 Å². The van der Waals surface area contributed by atoms with E-state index in [4.69, 9.17) is 4.74 Å². The molecule has 5 nitrogen and oxygen atoms in total. The largest absolute Gasteiger partial charge is 0.375 e. The van der Waals surface area contributed by atoms with E-state index in [-0.39, 0.29) is 12.5 Å². The molecule has 26 heavy (non-hydrogen) atoms. The van der Waals surface area contributed by atoms with Crippen molar-refractivity contribution < 1.29 is 9.53 Å². The van der Waals surface area contributed by atoms with Gasteiger partial charge in [0.25, 0.3) is 0 Å². The minimum atomic E-state index is 0.155. The van der Waals surface area contributed by atoms with Crippen LogP contribution in [0.15, 0.2) is 24.3 Å². The molecule has 3 atom stereocenters. The molecule has 3 aliphatic rings. The Hall–Kier alpha value is -1.59. The SMILES string of the molecule is COCC(=O)N1C[C@@H]2C(CN3CCCN(c4ccccc4C)CC3)[C@@H]2C1. The van der Waals surface area contributed by atoms with Crippen molar-refractivity contribution in [1.29, 1.82) is 0 Å². The molecule has 4 rings (SSSR count). The number of carbonyl (C=O) groups is 1. The fraction of sp³-hybridized carbons (Fsp3) is 0.667. The monoisotopic (exact) mass is 357 g/mol. The summed E-state index contributed by atoms with van der Waals surface area (Å²) in [6, 6.07) is 8.73. The number of fused-ring (bicyclic) bond motifs is 1. The average Bonchev–Trinajstić information content (AvgIpc) is 3.16. The number of benzene rings is 1. The lowest BCUT2D eigenvalue weighted by molar-refractivity contribution is -0.134. The van der Waals surface area contributed by atoms with Gasteiger partial charge in [0.05, 0.1) is 0 Å². The standard InChI is InChI=1S/C21H31N3O2/c1-16-6-3-4-7-20(16)23-9-5-8-22(10-11-23)12-17-18-13-24(14-19(17)18)21(25)15-26-2/h3-4,6-7,17-19H,5,8-15H2,1-2H3/t17?,18-,19+. The van der Waals surface area contributed by atoms with Gasteiger partial charge in [-0.2, -0.15) is 0 Å². The van der Waals surface area contributed by atoms with Crippen molar-refractivity contribution in [1.82, 2.24) is 9.80 Å². The lowest BCUT2D eigenvalue weighted by Gasteiger charge is -2.26. The van der Waals surface area contributed by atoms with Crippen LogP contribution in [0, 0.1) is 24.7 Å². The number of carbonyl (C=O) groups excluding carboxylic acids is 1. The number of ether oxygens (including phenoxy) is 1. The van der Waals surface area contributed by atoms with Crippen molar-refractivity contribution in [2.75, 3.05) is 64.4 Å². The number of nitrogens with zero attached hydrogens (tertiary/aromatic N) is 3. The van der Waals surface area contributed by atoms with Crippen molar-refractivity contribution in [3.8, 4) is 0 Å². The number of hydrogen-bond acceptors (Lipinski definition) is 4. The predicted molar refractivity (Wildman–Crippen MR) is 103 cm³/mol. The van der Waals surface area contributed by atoms with E-state index in [1.54, 1.807) is 7.11 Å². The van der Waals surface area contributed by atoms with Gasteiger partial charge in [-0.25, -0.2) is 0 Å². The van der Waals surface area contributed by atoms with Crippen LogP contribution in [0.3, 0.4) is 0 Å². The second-order valence-corrected chi connectivity index (χ2v) is 8.15. The Morgan fingerprint density at radius 1 is 1.12 bits per heavy atom. The van der Waals surface area contributed by atoms with Crippen LogP contribution in [-0.2, 0) is 9.53 Å². The molecule has 1 unspecified atom stereocenters. The highest BCUT2D eigenvalue weighted by Crippen LogP contribution is 2.52. The van der Waals surface area contributed by atoms with Gasteiger partial charge in [0, 0.05) is 52.1 Å². The van der Waals surface area contributed by atoms with E-state index in [1.165, 1.54) is 30.8 Å². The Balaban J connectivity index is 1.26. The molecule has 0 radical (unpaired) electrons. The quantitative estimate of drug-likeness (QED) is 0.806. The Bertz CT molecular complexity index is 638. The molecule has 0 spiro atoms. The van der Waals surface area contributed by atoms with Gasteiger partial charge < -0.3 is 19.4 Å². The molecule has 1 saturated carbocycles. The number of methoxy groups -OCH3 is 1. The number of rotatable bonds is 5. The van der Waals surface area contributed by atoms with Crippen LogP contribution in [0.4, 0.5) is 5.69 Å². The summed E-state index contributed by atoms with van der Waals surface area (Å²) < 4.78 is 4.98. The molecule has 1 amide bonds. The first-order chi connectivity index (χ1) is 12.7. The molecular weight excluding hydrogens is 326 g/mol. The Morgan fingerprint density at radius 2 is 1.88 bits per heavy atom. The van der Waals surface area contributed by atoms with E-state index in [0.29, 0.717) is 0 Å². The molecule has 0 N–H and O–H groups in total. The van der Waals surface area contributed by atoms with E-state index in [9.17, 15) is 4.79 Å². The number of aryl methyl sites for hydroxylation is 1. The maximum absolute atomic E-state index is 11.9. The maximum Gasteiger partial charge on any atom is 0.248 e. The molecule has 2 heterocycles. The van der Waals surface area contributed by atoms with Crippen LogP contribution in [0.5, 0.6) is 0 Å². The van der Waals surface area contributed by atoms with Gasteiger partial charge in [-0.15, -0.1) is 0 Å². The molecule has 0 bridgehead atoms. The highest BCUT2D eigenvalue weighted by molar-refractivity contribution is 5.78. The van der Waals surface area contributed by atoms with Crippen molar-refractivity contribution in [3.63, 3.8) is 0 Å². The summed E-state index contributed by atoms with van der Waals surface area (Å²) in [7, 11) is 1.59. The van der Waals surface area contributed by atoms with Crippen LogP contribution in [-0.4, -0.2) is 75.2 Å². The summed E-state index contributed by atoms with van der Waals surface area (Å²) in [4.78, 5) is 19.1. The second-order valence-electron chi connectivity index (χ2n) is 8.15. The summed E-state index contributed by atoms with van der Waals surface area (Å²) in [5.41, 5.74) is 2.77. The number of hydrogen-bond donors (Lipinski definition) is 0. The predicted octanol–water partition coefficient (Wildman–Crippen LogP) is 1.86. The van der Waals surface area contributed by atoms with E-state index >= 15 is 0 Å². The van der Waals surface area contributed by atoms with Crippen LogP contribution >= 0.6 is 0 Å². The Morgan fingerprint density at radius 3 is 2.62 bits per heavy atom. The van der Waals surface area contributed by atoms with Gasteiger partial charge in [-0.1, -0.05) is 18.2 Å². The van der Waals surface area contributed by atoms with Gasteiger partial charge in [0.2, 0.25) is 5.91 Å². The smallest absolute Gasteiger partial charge is 0.248 e. The van der Waals surface area contributed by atoms with Crippen LogP contribution in [0.25, 0.3) is 0 Å². The zero-order chi connectivity index (χ0) is 18.1. The summed E-state index contributed by atoms with van der Waals surface area (Å²) in [5.74, 6) is 2.41. The molecule has 2 aliphatic heterocycles. The molecule has 3 fully saturated rings. The van der Waals surface area contributed by atoms with Crippen LogP contribution < -0.4 is 4.90 Å². The first-order valence-corrected chi connectivity index (χ1v) is 9.97. The van der Waals surface area contributed by atoms with Crippen molar-refractivity contribution in [2.45, 2.75) is 13.3 Å². The number of anilines is 1. The average molecular weight is 357 g/mol. The second kappa shape index (κ2) is 7.57. The summed E-state index contributed by atoms with van der Waals surface area (Å²) >= 11 is 0. The summed E-state index contributed by atoms with van der Waals surface area (Å²) in [6.45, 7) is 10.2. The fourth-order valence-corrected chi connectivity index (χ4v) is 4.95. The van der Waals surface area contributed by atoms with Gasteiger partial charge in [-0.05, 0) is 49.3 Å². The van der Waals surface area contributed by atoms with E-state index in [0.717, 1.165) is 50.5 Å². The normalized spacial score (nSPS) is 28.8. The van der Waals surface area contributed by atoms with E-state index in [2.05, 4.69) is 41.0 Å². The summed E-state index contributed by atoms with van der Waals surface area (Å²) in [5, 5.41) is 0. The lowest BCUT2D eigenvalue weighted by Crippen LogP contribution is -2.37. The van der Waals surface area contributed by atoms with Crippen LogP contribution in [0.2, 0.25) is 0 Å². The number of piperidine rings is 1. The minimum absolute atomic E-state index is 0.155. The zero-order valence-corrected chi connectivity index (χ0v) is 16.1. The summed E-state index contributed by atoms with van der Waals surface area (Å²) in [6.07, 6.45) is 1.23. The fourth-order valence-electron chi connectivity index (χ4n) is 4.95. The Kier molecular flexibility index (Phi) is 5.18. The molecule has 1 aliphatic carbocycles. The van der Waals surface area contributed by atoms with Gasteiger partial charge >= 0.3 is 0 Å². The molecule has 142 valence electrons. The highest BCUT2D eigenvalue weighted by Gasteiger charge is 2.56. The van der Waals surface area contributed by atoms with E-state index in [1.807, 2.05) is 4.90 Å². The zero-order valence-electron chi connectivity index (χ0n) is 16.1. The maximum atomic E-state index is 11.9. The first kappa shape index (κ1) is 17.8. The first-order valence-electron chi connectivity index (χ1n) is 9.97. The molecule has 0 aromatic heterocycles. The molecule has 1 aromatic carbocycles. The van der Waals surface area contributed by atoms with Crippen molar-refractivity contribution >= 4 is 11.6 Å². The van der Waals surface area contributed by atoms with Crippen molar-refractivity contribution in [2.24, 2.45) is 17.8 Å². The lowest BCUT2D eigenvalue weighted by atomic mass is 10.2. The molecule has 2 saturated heterocycles. The molecule has 5 heteroatoms. The third-order valence-electron chi connectivity index (χ3n) is 6.51. The van der Waals surface area contributed by atoms with Crippen molar-refractivity contribution in [3.05, 3.63) is 29.8 Å². The molecular formula is C21H31N3O2. The Labute approximate surface area is 156 Å². The number of para-hydroxylation sites is 1. The van der Waals surface area contributed by atoms with E-state index < -0.39 is 0 Å². The molecule has 1 aromatic rings. The van der Waals surface area contributed by atoms with Gasteiger partial charge in [0.15, 0.2) is 0 Å². The third-order valence-corrected chi connectivity index (χ3v) is 6.51. The third kappa shape index (κ3) is 3.60. The number of amides is 1. The highest BCUT2D eigenvalue weighted by atomic mass is 16.5. The van der Waals surface area contributed by atoms with Gasteiger partial charge in [0.1, 0.15) is 6.61 Å².